The van der Waals surface area contributed by atoms with Crippen molar-refractivity contribution in [2.75, 3.05) is 18.5 Å². The minimum atomic E-state index is -0.621. The van der Waals surface area contributed by atoms with Gasteiger partial charge < -0.3 is 20.1 Å². The number of nitrogens with one attached hydrogen (secondary N) is 2. The quantitative estimate of drug-likeness (QED) is 0.895. The highest BCUT2D eigenvalue weighted by Crippen LogP contribution is 2.37. The van der Waals surface area contributed by atoms with Crippen LogP contribution in [-0.2, 0) is 9.59 Å². The van der Waals surface area contributed by atoms with Crippen LogP contribution in [0.4, 0.5) is 5.13 Å². The summed E-state index contributed by atoms with van der Waals surface area (Å²) in [4.78, 5) is 27.3. The second kappa shape index (κ2) is 5.80. The van der Waals surface area contributed by atoms with Gasteiger partial charge in [0.15, 0.2) is 16.6 Å². The van der Waals surface area contributed by atoms with Crippen molar-refractivity contribution >= 4 is 38.5 Å². The van der Waals surface area contributed by atoms with Crippen molar-refractivity contribution in [1.82, 2.24) is 10.3 Å². The molecule has 2 N–H and O–H groups in total. The number of ether oxygens (including phenoxy) is 2. The summed E-state index contributed by atoms with van der Waals surface area (Å²) < 4.78 is 11.9. The van der Waals surface area contributed by atoms with Gasteiger partial charge in [0, 0.05) is 19.1 Å². The first kappa shape index (κ1) is 14.6. The maximum Gasteiger partial charge on any atom is 0.248 e. The number of hydrogen-bond donors (Lipinski definition) is 2. The number of aromatic nitrogens is 1. The van der Waals surface area contributed by atoms with E-state index in [1.807, 2.05) is 6.07 Å². The predicted molar refractivity (Wildman–Crippen MR) is 82.5 cm³/mol. The molecule has 116 valence electrons. The van der Waals surface area contributed by atoms with Crippen molar-refractivity contribution in [3.8, 4) is 11.5 Å². The predicted octanol–water partition coefficient (Wildman–Crippen LogP) is 1.53. The molecule has 0 fully saturated rings. The van der Waals surface area contributed by atoms with E-state index in [1.54, 1.807) is 13.0 Å². The molecule has 0 spiro atoms. The van der Waals surface area contributed by atoms with E-state index in [-0.39, 0.29) is 11.8 Å². The van der Waals surface area contributed by atoms with Crippen LogP contribution in [0.25, 0.3) is 10.2 Å². The molecule has 1 aromatic carbocycles. The molecule has 3 rings (SSSR count). The monoisotopic (exact) mass is 321 g/mol. The molecule has 1 aromatic heterocycles. The molecule has 0 saturated heterocycles. The van der Waals surface area contributed by atoms with Crippen LogP contribution >= 0.6 is 11.3 Å². The molecule has 22 heavy (non-hydrogen) atoms. The van der Waals surface area contributed by atoms with Crippen LogP contribution in [0.2, 0.25) is 0 Å². The largest absolute Gasteiger partial charge is 0.486 e. The fourth-order valence-electron chi connectivity index (χ4n) is 2.10. The average Bonchev–Trinajstić information content (AvgIpc) is 2.84. The van der Waals surface area contributed by atoms with Crippen LogP contribution in [0.3, 0.4) is 0 Å². The highest BCUT2D eigenvalue weighted by atomic mass is 32.1. The van der Waals surface area contributed by atoms with Crippen LogP contribution in [0.1, 0.15) is 13.8 Å². The molecule has 0 saturated carbocycles. The Morgan fingerprint density at radius 1 is 1.27 bits per heavy atom. The molecule has 7 nitrogen and oxygen atoms in total. The first-order chi connectivity index (χ1) is 10.5. The van der Waals surface area contributed by atoms with E-state index in [1.165, 1.54) is 18.3 Å². The molecule has 2 amide bonds. The van der Waals surface area contributed by atoms with Crippen molar-refractivity contribution < 1.29 is 19.1 Å². The Labute approximate surface area is 130 Å². The Bertz CT molecular complexity index is 700. The van der Waals surface area contributed by atoms with E-state index < -0.39 is 6.04 Å². The Hall–Kier alpha value is -2.35. The second-order valence-electron chi connectivity index (χ2n) is 4.89. The second-order valence-corrected chi connectivity index (χ2v) is 5.92. The zero-order valence-electron chi connectivity index (χ0n) is 12.1. The fraction of sp³-hybridized carbons (Fsp3) is 0.357. The third-order valence-electron chi connectivity index (χ3n) is 3.10. The minimum absolute atomic E-state index is 0.256. The van der Waals surface area contributed by atoms with Crippen molar-refractivity contribution in [2.24, 2.45) is 0 Å². The summed E-state index contributed by atoms with van der Waals surface area (Å²) in [5.41, 5.74) is 0.733. The van der Waals surface area contributed by atoms with E-state index in [0.717, 1.165) is 10.2 Å². The molecule has 0 bridgehead atoms. The number of benzene rings is 1. The number of amides is 2. The maximum atomic E-state index is 12.0. The number of rotatable bonds is 3. The van der Waals surface area contributed by atoms with E-state index in [0.29, 0.717) is 29.8 Å². The molecule has 0 aliphatic carbocycles. The minimum Gasteiger partial charge on any atom is -0.486 e. The Morgan fingerprint density at radius 2 is 1.95 bits per heavy atom. The first-order valence-corrected chi connectivity index (χ1v) is 7.63. The number of anilines is 1. The zero-order chi connectivity index (χ0) is 15.7. The van der Waals surface area contributed by atoms with Gasteiger partial charge in [-0.2, -0.15) is 0 Å². The number of carbonyl (C=O) groups excluding carboxylic acids is 2. The van der Waals surface area contributed by atoms with Crippen molar-refractivity contribution in [2.45, 2.75) is 19.9 Å². The molecule has 2 heterocycles. The summed E-state index contributed by atoms with van der Waals surface area (Å²) in [5, 5.41) is 5.70. The molecule has 0 unspecified atom stereocenters. The Kier molecular flexibility index (Phi) is 3.84. The van der Waals surface area contributed by atoms with Gasteiger partial charge in [-0.1, -0.05) is 11.3 Å². The van der Waals surface area contributed by atoms with Crippen molar-refractivity contribution in [3.63, 3.8) is 0 Å². The summed E-state index contributed by atoms with van der Waals surface area (Å²) in [7, 11) is 0. The van der Waals surface area contributed by atoms with E-state index in [9.17, 15) is 9.59 Å². The summed E-state index contributed by atoms with van der Waals surface area (Å²) in [6, 6.07) is 3.03. The van der Waals surface area contributed by atoms with Crippen molar-refractivity contribution in [1.29, 1.82) is 0 Å². The number of hydrogen-bond acceptors (Lipinski definition) is 6. The standard InChI is InChI=1S/C14H15N3O4S/c1-7(15-8(2)18)13(19)17-14-16-9-5-10-11(6-12(9)22-14)21-4-3-20-10/h5-7H,3-4H2,1-2H3,(H,15,18)(H,16,17,19)/t7-/m1/s1. The van der Waals surface area contributed by atoms with Crippen LogP contribution < -0.4 is 20.1 Å². The van der Waals surface area contributed by atoms with Gasteiger partial charge in [0.2, 0.25) is 11.8 Å². The van der Waals surface area contributed by atoms with Gasteiger partial charge in [-0.25, -0.2) is 4.98 Å². The summed E-state index contributed by atoms with van der Waals surface area (Å²) in [6.45, 7) is 4.02. The van der Waals surface area contributed by atoms with E-state index >= 15 is 0 Å². The molecule has 2 aromatic rings. The molecule has 1 aliphatic rings. The summed E-state index contributed by atoms with van der Waals surface area (Å²) >= 11 is 1.34. The van der Waals surface area contributed by atoms with Crippen molar-refractivity contribution in [3.05, 3.63) is 12.1 Å². The molecule has 0 radical (unpaired) electrons. The fourth-order valence-corrected chi connectivity index (χ4v) is 2.98. The van der Waals surface area contributed by atoms with Crippen LogP contribution in [-0.4, -0.2) is 36.1 Å². The lowest BCUT2D eigenvalue weighted by Gasteiger charge is -2.17. The summed E-state index contributed by atoms with van der Waals surface area (Å²) in [5.74, 6) is 0.779. The number of fused-ring (bicyclic) bond motifs is 2. The Morgan fingerprint density at radius 3 is 2.64 bits per heavy atom. The molecule has 1 atom stereocenters. The van der Waals surface area contributed by atoms with Crippen LogP contribution in [0, 0.1) is 0 Å². The maximum absolute atomic E-state index is 12.0. The Balaban J connectivity index is 1.80. The zero-order valence-corrected chi connectivity index (χ0v) is 13.0. The lowest BCUT2D eigenvalue weighted by Crippen LogP contribution is -2.40. The number of nitrogens with zero attached hydrogens (tertiary/aromatic N) is 1. The van der Waals surface area contributed by atoms with Gasteiger partial charge in [-0.15, -0.1) is 0 Å². The number of thiazole rings is 1. The third-order valence-corrected chi connectivity index (χ3v) is 4.03. The van der Waals surface area contributed by atoms with Gasteiger partial charge in [-0.05, 0) is 6.92 Å². The van der Waals surface area contributed by atoms with Crippen LogP contribution in [0.15, 0.2) is 12.1 Å². The lowest BCUT2D eigenvalue weighted by atomic mass is 10.3. The van der Waals surface area contributed by atoms with E-state index in [4.69, 9.17) is 9.47 Å². The highest BCUT2D eigenvalue weighted by Gasteiger charge is 2.18. The van der Waals surface area contributed by atoms with E-state index in [2.05, 4.69) is 15.6 Å². The number of carbonyl (C=O) groups is 2. The van der Waals surface area contributed by atoms with Gasteiger partial charge in [0.1, 0.15) is 19.3 Å². The highest BCUT2D eigenvalue weighted by molar-refractivity contribution is 7.22. The molecule has 1 aliphatic heterocycles. The summed E-state index contributed by atoms with van der Waals surface area (Å²) in [6.07, 6.45) is 0. The molecule has 8 heteroatoms. The first-order valence-electron chi connectivity index (χ1n) is 6.81. The molecular weight excluding hydrogens is 306 g/mol. The van der Waals surface area contributed by atoms with Gasteiger partial charge in [0.05, 0.1) is 10.2 Å². The smallest absolute Gasteiger partial charge is 0.248 e. The topological polar surface area (TPSA) is 89.6 Å². The normalized spacial score (nSPS) is 14.5. The van der Waals surface area contributed by atoms with Gasteiger partial charge in [-0.3, -0.25) is 9.59 Å². The van der Waals surface area contributed by atoms with Gasteiger partial charge >= 0.3 is 0 Å². The lowest BCUT2D eigenvalue weighted by molar-refractivity contribution is -0.124. The van der Waals surface area contributed by atoms with Crippen LogP contribution in [0.5, 0.6) is 11.5 Å². The average molecular weight is 321 g/mol. The molecular formula is C14H15N3O4S. The van der Waals surface area contributed by atoms with Gasteiger partial charge in [0.25, 0.3) is 0 Å². The third kappa shape index (κ3) is 2.96. The SMILES string of the molecule is CC(=O)N[C@H](C)C(=O)Nc1nc2cc3c(cc2s1)OCCO3.